The highest BCUT2D eigenvalue weighted by Gasteiger charge is 2.08. The Bertz CT molecular complexity index is 369. The third-order valence-electron chi connectivity index (χ3n) is 2.44. The Hall–Kier alpha value is -1.28. The minimum absolute atomic E-state index is 0.000252. The van der Waals surface area contributed by atoms with Gasteiger partial charge in [0.05, 0.1) is 6.61 Å². The van der Waals surface area contributed by atoms with Crippen LogP contribution in [0.4, 0.5) is 0 Å². The maximum absolute atomic E-state index is 5.92. The van der Waals surface area contributed by atoms with Crippen molar-refractivity contribution in [2.45, 2.75) is 33.2 Å². The number of ether oxygens (including phenoxy) is 1. The predicted molar refractivity (Wildman–Crippen MR) is 68.7 cm³/mol. The van der Waals surface area contributed by atoms with Crippen LogP contribution in [0.5, 0.6) is 5.75 Å². The molecule has 0 bridgehead atoms. The van der Waals surface area contributed by atoms with Crippen LogP contribution in [-0.4, -0.2) is 6.61 Å². The van der Waals surface area contributed by atoms with Crippen LogP contribution in [-0.2, 0) is 0 Å². The van der Waals surface area contributed by atoms with Gasteiger partial charge in [0.2, 0.25) is 0 Å². The van der Waals surface area contributed by atoms with Crippen molar-refractivity contribution in [2.24, 2.45) is 5.73 Å². The Balaban J connectivity index is 2.74. The van der Waals surface area contributed by atoms with Crippen molar-refractivity contribution in [3.8, 4) is 5.75 Å². The van der Waals surface area contributed by atoms with Gasteiger partial charge in [0.25, 0.3) is 0 Å². The topological polar surface area (TPSA) is 35.2 Å². The average molecular weight is 219 g/mol. The standard InChI is InChI=1S/C14H21NO/c1-10(2)7-8-16-14-6-5-11(3)9-13(14)12(4)15/h5-6,9,12H,1,7-8,15H2,2-4H3/t12-/m1/s1. The predicted octanol–water partition coefficient (Wildman–Crippen LogP) is 3.36. The molecule has 0 aromatic heterocycles. The second kappa shape index (κ2) is 5.71. The van der Waals surface area contributed by atoms with E-state index in [9.17, 15) is 0 Å². The molecule has 0 aliphatic heterocycles. The molecule has 0 saturated carbocycles. The van der Waals surface area contributed by atoms with Gasteiger partial charge in [-0.2, -0.15) is 0 Å². The van der Waals surface area contributed by atoms with E-state index in [1.54, 1.807) is 0 Å². The highest BCUT2D eigenvalue weighted by Crippen LogP contribution is 2.25. The third-order valence-corrected chi connectivity index (χ3v) is 2.44. The maximum Gasteiger partial charge on any atom is 0.124 e. The summed E-state index contributed by atoms with van der Waals surface area (Å²) in [4.78, 5) is 0. The van der Waals surface area contributed by atoms with E-state index in [0.717, 1.165) is 23.3 Å². The van der Waals surface area contributed by atoms with Crippen LogP contribution in [0.2, 0.25) is 0 Å². The molecule has 0 amide bonds. The lowest BCUT2D eigenvalue weighted by atomic mass is 10.1. The van der Waals surface area contributed by atoms with Crippen LogP contribution in [0.25, 0.3) is 0 Å². The van der Waals surface area contributed by atoms with Gasteiger partial charge in [-0.05, 0) is 26.8 Å². The Kier molecular flexibility index (Phi) is 4.56. The molecule has 0 radical (unpaired) electrons. The van der Waals surface area contributed by atoms with Crippen LogP contribution < -0.4 is 10.5 Å². The normalized spacial score (nSPS) is 12.2. The van der Waals surface area contributed by atoms with Gasteiger partial charge < -0.3 is 10.5 Å². The molecule has 2 nitrogen and oxygen atoms in total. The van der Waals surface area contributed by atoms with Crippen molar-refractivity contribution in [1.29, 1.82) is 0 Å². The second-order valence-corrected chi connectivity index (χ2v) is 4.39. The minimum Gasteiger partial charge on any atom is -0.493 e. The Morgan fingerprint density at radius 2 is 2.19 bits per heavy atom. The quantitative estimate of drug-likeness (QED) is 0.771. The molecule has 0 aliphatic carbocycles. The first-order chi connectivity index (χ1) is 7.50. The van der Waals surface area contributed by atoms with E-state index >= 15 is 0 Å². The lowest BCUT2D eigenvalue weighted by Crippen LogP contribution is -2.09. The number of benzene rings is 1. The second-order valence-electron chi connectivity index (χ2n) is 4.39. The molecule has 88 valence electrons. The maximum atomic E-state index is 5.92. The van der Waals surface area contributed by atoms with Crippen LogP contribution in [0.3, 0.4) is 0 Å². The number of hydrogen-bond acceptors (Lipinski definition) is 2. The van der Waals surface area contributed by atoms with Crippen molar-refractivity contribution in [3.63, 3.8) is 0 Å². The summed E-state index contributed by atoms with van der Waals surface area (Å²) in [6, 6.07) is 6.12. The van der Waals surface area contributed by atoms with Crippen LogP contribution in [0.1, 0.15) is 37.4 Å². The molecule has 0 spiro atoms. The lowest BCUT2D eigenvalue weighted by Gasteiger charge is -2.14. The van der Waals surface area contributed by atoms with E-state index in [2.05, 4.69) is 19.6 Å². The van der Waals surface area contributed by atoms with Gasteiger partial charge in [-0.15, -0.1) is 6.58 Å². The zero-order valence-corrected chi connectivity index (χ0v) is 10.4. The number of hydrogen-bond donors (Lipinski definition) is 1. The molecule has 1 aromatic carbocycles. The largest absolute Gasteiger partial charge is 0.493 e. The fourth-order valence-electron chi connectivity index (χ4n) is 1.49. The molecule has 2 N–H and O–H groups in total. The first kappa shape index (κ1) is 12.8. The summed E-state index contributed by atoms with van der Waals surface area (Å²) < 4.78 is 5.72. The van der Waals surface area contributed by atoms with Gasteiger partial charge in [-0.1, -0.05) is 23.3 Å². The van der Waals surface area contributed by atoms with Crippen molar-refractivity contribution in [3.05, 3.63) is 41.5 Å². The summed E-state index contributed by atoms with van der Waals surface area (Å²) in [5.41, 5.74) is 9.33. The van der Waals surface area contributed by atoms with Gasteiger partial charge in [0, 0.05) is 18.0 Å². The zero-order valence-electron chi connectivity index (χ0n) is 10.4. The minimum atomic E-state index is -0.000252. The third kappa shape index (κ3) is 3.70. The molecular weight excluding hydrogens is 198 g/mol. The molecular formula is C14H21NO. The molecule has 1 atom stereocenters. The number of nitrogens with two attached hydrogens (primary N) is 1. The molecule has 0 saturated heterocycles. The van der Waals surface area contributed by atoms with E-state index in [1.165, 1.54) is 5.56 Å². The van der Waals surface area contributed by atoms with Gasteiger partial charge in [-0.25, -0.2) is 0 Å². The molecule has 16 heavy (non-hydrogen) atoms. The van der Waals surface area contributed by atoms with Gasteiger partial charge >= 0.3 is 0 Å². The zero-order chi connectivity index (χ0) is 12.1. The summed E-state index contributed by atoms with van der Waals surface area (Å²) in [7, 11) is 0. The van der Waals surface area contributed by atoms with Gasteiger partial charge in [0.1, 0.15) is 5.75 Å². The first-order valence-corrected chi connectivity index (χ1v) is 5.64. The van der Waals surface area contributed by atoms with Crippen molar-refractivity contribution in [1.82, 2.24) is 0 Å². The Labute approximate surface area is 98.1 Å². The average Bonchev–Trinajstić information content (AvgIpc) is 2.19. The number of rotatable bonds is 5. The highest BCUT2D eigenvalue weighted by molar-refractivity contribution is 5.38. The van der Waals surface area contributed by atoms with Crippen molar-refractivity contribution in [2.75, 3.05) is 6.61 Å². The Morgan fingerprint density at radius 3 is 2.75 bits per heavy atom. The number of aryl methyl sites for hydroxylation is 1. The molecule has 0 unspecified atom stereocenters. The molecule has 1 aromatic rings. The van der Waals surface area contributed by atoms with Crippen LogP contribution in [0.15, 0.2) is 30.4 Å². The summed E-state index contributed by atoms with van der Waals surface area (Å²) >= 11 is 0. The van der Waals surface area contributed by atoms with Crippen molar-refractivity contribution >= 4 is 0 Å². The van der Waals surface area contributed by atoms with E-state index < -0.39 is 0 Å². The molecule has 0 heterocycles. The fourth-order valence-corrected chi connectivity index (χ4v) is 1.49. The van der Waals surface area contributed by atoms with E-state index in [0.29, 0.717) is 6.61 Å². The monoisotopic (exact) mass is 219 g/mol. The summed E-state index contributed by atoms with van der Waals surface area (Å²) in [5, 5.41) is 0. The smallest absolute Gasteiger partial charge is 0.124 e. The Morgan fingerprint density at radius 1 is 1.50 bits per heavy atom. The van der Waals surface area contributed by atoms with E-state index in [4.69, 9.17) is 10.5 Å². The van der Waals surface area contributed by atoms with E-state index in [-0.39, 0.29) is 6.04 Å². The van der Waals surface area contributed by atoms with Crippen LogP contribution in [0, 0.1) is 6.92 Å². The van der Waals surface area contributed by atoms with E-state index in [1.807, 2.05) is 26.0 Å². The van der Waals surface area contributed by atoms with Crippen LogP contribution >= 0.6 is 0 Å². The van der Waals surface area contributed by atoms with Gasteiger partial charge in [0.15, 0.2) is 0 Å². The van der Waals surface area contributed by atoms with Crippen molar-refractivity contribution < 1.29 is 4.74 Å². The summed E-state index contributed by atoms with van der Waals surface area (Å²) in [6.07, 6.45) is 0.881. The fraction of sp³-hybridized carbons (Fsp3) is 0.429. The first-order valence-electron chi connectivity index (χ1n) is 5.64. The highest BCUT2D eigenvalue weighted by atomic mass is 16.5. The molecule has 2 heteroatoms. The molecule has 0 aliphatic rings. The molecule has 1 rings (SSSR count). The summed E-state index contributed by atoms with van der Waals surface area (Å²) in [5.74, 6) is 0.891. The SMILES string of the molecule is C=C(C)CCOc1ccc(C)cc1[C@@H](C)N. The lowest BCUT2D eigenvalue weighted by molar-refractivity contribution is 0.317. The van der Waals surface area contributed by atoms with Gasteiger partial charge in [-0.3, -0.25) is 0 Å². The summed E-state index contributed by atoms with van der Waals surface area (Å²) in [6.45, 7) is 10.6. The molecule has 0 fully saturated rings.